The zero-order valence-corrected chi connectivity index (χ0v) is 15.1. The summed E-state index contributed by atoms with van der Waals surface area (Å²) in [4.78, 5) is 43.8. The van der Waals surface area contributed by atoms with Gasteiger partial charge in [0.25, 0.3) is 0 Å². The quantitative estimate of drug-likeness (QED) is 0.251. The monoisotopic (exact) mass is 374 g/mol. The van der Waals surface area contributed by atoms with Crippen LogP contribution in [0.2, 0.25) is 0 Å². The molecule has 0 aromatic heterocycles. The van der Waals surface area contributed by atoms with Crippen LogP contribution in [0, 0.1) is 0 Å². The molecular weight excluding hydrogens is 344 g/mol. The smallest absolute Gasteiger partial charge is 0.0555 e. The molecule has 152 valence electrons. The van der Waals surface area contributed by atoms with E-state index in [4.69, 9.17) is 0 Å². The van der Waals surface area contributed by atoms with Gasteiger partial charge in [-0.2, -0.15) is 0 Å². The molecule has 14 heteroatoms. The number of rotatable bonds is 12. The molecule has 0 radical (unpaired) electrons. The number of carbonyl (C=O) groups excluding carboxylic acids is 4. The van der Waals surface area contributed by atoms with E-state index >= 15 is 0 Å². The van der Waals surface area contributed by atoms with E-state index in [2.05, 4.69) is 0 Å². The van der Waals surface area contributed by atoms with Gasteiger partial charge in [0.2, 0.25) is 0 Å². The molecule has 25 heavy (non-hydrogen) atoms. The molecule has 0 aliphatic heterocycles. The zero-order chi connectivity index (χ0) is 16.4. The molecule has 0 spiro atoms. The Morgan fingerprint density at radius 3 is 0.880 bits per heavy atom. The van der Waals surface area contributed by atoms with Gasteiger partial charge in [-0.15, -0.1) is 0 Å². The van der Waals surface area contributed by atoms with Crippen LogP contribution in [-0.2, 0) is 19.2 Å². The Morgan fingerprint density at radius 2 is 0.720 bits per heavy atom. The predicted molar refractivity (Wildman–Crippen MR) is 81.5 cm³/mol. The van der Waals surface area contributed by atoms with E-state index in [9.17, 15) is 39.6 Å². The molecule has 0 unspecified atom stereocenters. The van der Waals surface area contributed by atoms with Crippen LogP contribution in [0.15, 0.2) is 0 Å². The summed E-state index contributed by atoms with van der Waals surface area (Å²) in [5.41, 5.74) is 0. The SMILES string of the molecule is O=C([O-])CN(CCCN(CC(=O)[O-])CC(=O)[O-])CC(=O)[O-].[NH4+].[NH4+].[NH4+].[NH4+]. The number of hydrogen-bond acceptors (Lipinski definition) is 10. The number of carbonyl (C=O) groups is 4. The van der Waals surface area contributed by atoms with E-state index in [-0.39, 0.29) is 44.1 Å². The van der Waals surface area contributed by atoms with Crippen molar-refractivity contribution in [3.63, 3.8) is 0 Å². The van der Waals surface area contributed by atoms with Gasteiger partial charge in [0.05, 0.1) is 23.9 Å². The Kier molecular flexibility index (Phi) is 24.5. The van der Waals surface area contributed by atoms with Crippen molar-refractivity contribution in [2.24, 2.45) is 0 Å². The number of hydrogen-bond donors (Lipinski definition) is 4. The third-order valence-electron chi connectivity index (χ3n) is 2.36. The van der Waals surface area contributed by atoms with Crippen LogP contribution < -0.4 is 45.0 Å². The highest BCUT2D eigenvalue weighted by Crippen LogP contribution is 1.95. The van der Waals surface area contributed by atoms with E-state index in [1.807, 2.05) is 0 Å². The molecule has 0 aromatic rings. The second-order valence-electron chi connectivity index (χ2n) is 4.26. The van der Waals surface area contributed by atoms with Gasteiger partial charge in [0.1, 0.15) is 0 Å². The second-order valence-corrected chi connectivity index (χ2v) is 4.26. The predicted octanol–water partition coefficient (Wildman–Crippen LogP) is -5.52. The highest BCUT2D eigenvalue weighted by Gasteiger charge is 2.09. The Bertz CT molecular complexity index is 340. The Morgan fingerprint density at radius 1 is 0.520 bits per heavy atom. The first-order chi connectivity index (χ1) is 9.70. The van der Waals surface area contributed by atoms with Crippen molar-refractivity contribution in [2.45, 2.75) is 6.42 Å². The van der Waals surface area contributed by atoms with Crippen LogP contribution in [0.25, 0.3) is 0 Å². The summed E-state index contributed by atoms with van der Waals surface area (Å²) in [7, 11) is 0. The first-order valence-corrected chi connectivity index (χ1v) is 5.94. The average Bonchev–Trinajstić information content (AvgIpc) is 2.24. The van der Waals surface area contributed by atoms with Crippen molar-refractivity contribution in [3.8, 4) is 0 Å². The molecule has 0 saturated carbocycles. The van der Waals surface area contributed by atoms with Crippen molar-refractivity contribution in [1.29, 1.82) is 0 Å². The van der Waals surface area contributed by atoms with Gasteiger partial charge in [-0.1, -0.05) is 0 Å². The lowest BCUT2D eigenvalue weighted by Gasteiger charge is -2.26. The minimum atomic E-state index is -1.47. The second kappa shape index (κ2) is 18.0. The highest BCUT2D eigenvalue weighted by molar-refractivity contribution is 5.70. The van der Waals surface area contributed by atoms with Gasteiger partial charge in [-0.25, -0.2) is 0 Å². The fourth-order valence-corrected chi connectivity index (χ4v) is 1.68. The Labute approximate surface area is 144 Å². The largest absolute Gasteiger partial charge is 0.549 e. The van der Waals surface area contributed by atoms with Crippen LogP contribution in [0.3, 0.4) is 0 Å². The van der Waals surface area contributed by atoms with E-state index in [1.165, 1.54) is 0 Å². The topological polar surface area (TPSA) is 313 Å². The van der Waals surface area contributed by atoms with Gasteiger partial charge in [-0.05, 0) is 6.42 Å². The lowest BCUT2D eigenvalue weighted by Crippen LogP contribution is -2.47. The summed E-state index contributed by atoms with van der Waals surface area (Å²) in [5.74, 6) is -5.90. The Hall–Kier alpha value is -2.36. The van der Waals surface area contributed by atoms with Crippen LogP contribution >= 0.6 is 0 Å². The van der Waals surface area contributed by atoms with Gasteiger partial charge in [-0.3, -0.25) is 9.80 Å². The van der Waals surface area contributed by atoms with Crippen molar-refractivity contribution < 1.29 is 39.6 Å². The lowest BCUT2D eigenvalue weighted by atomic mass is 10.3. The van der Waals surface area contributed by atoms with Gasteiger partial charge in [0, 0.05) is 39.3 Å². The molecule has 16 N–H and O–H groups in total. The number of carboxylic acids is 4. The van der Waals surface area contributed by atoms with Crippen LogP contribution in [-0.4, -0.2) is 72.9 Å². The van der Waals surface area contributed by atoms with Gasteiger partial charge in [0.15, 0.2) is 0 Å². The fraction of sp³-hybridized carbons (Fsp3) is 0.636. The summed E-state index contributed by atoms with van der Waals surface area (Å²) >= 11 is 0. The minimum absolute atomic E-state index is 0. The van der Waals surface area contributed by atoms with Crippen molar-refractivity contribution in [1.82, 2.24) is 34.4 Å². The first-order valence-electron chi connectivity index (χ1n) is 5.94. The van der Waals surface area contributed by atoms with E-state index in [1.54, 1.807) is 0 Å². The summed E-state index contributed by atoms with van der Waals surface area (Å²) in [6.07, 6.45) is 0.140. The molecular formula is C11H30N6O8. The Balaban J connectivity index is -0.000000333. The molecule has 0 heterocycles. The molecule has 0 atom stereocenters. The molecule has 0 bridgehead atoms. The van der Waals surface area contributed by atoms with Crippen molar-refractivity contribution >= 4 is 23.9 Å². The van der Waals surface area contributed by atoms with Gasteiger partial charge >= 0.3 is 0 Å². The fourth-order valence-electron chi connectivity index (χ4n) is 1.68. The maximum absolute atomic E-state index is 10.4. The summed E-state index contributed by atoms with van der Waals surface area (Å²) in [6, 6.07) is 0. The molecule has 0 aromatic carbocycles. The minimum Gasteiger partial charge on any atom is -0.549 e. The third-order valence-corrected chi connectivity index (χ3v) is 2.36. The molecule has 0 amide bonds. The van der Waals surface area contributed by atoms with E-state index in [0.29, 0.717) is 0 Å². The summed E-state index contributed by atoms with van der Waals surface area (Å²) in [6.45, 7) is -2.55. The third kappa shape index (κ3) is 21.6. The molecule has 0 rings (SSSR count). The summed E-state index contributed by atoms with van der Waals surface area (Å²) < 4.78 is 0. The molecule has 0 fully saturated rings. The average molecular weight is 374 g/mol. The molecule has 0 aliphatic carbocycles. The molecule has 14 nitrogen and oxygen atoms in total. The first kappa shape index (κ1) is 34.1. The van der Waals surface area contributed by atoms with E-state index in [0.717, 1.165) is 9.80 Å². The van der Waals surface area contributed by atoms with Crippen LogP contribution in [0.4, 0.5) is 0 Å². The number of nitrogens with zero attached hydrogens (tertiary/aromatic N) is 2. The maximum Gasteiger partial charge on any atom is 0.0555 e. The number of quaternary nitrogens is 4. The highest BCUT2D eigenvalue weighted by atomic mass is 16.4. The maximum atomic E-state index is 10.4. The van der Waals surface area contributed by atoms with Gasteiger partial charge < -0.3 is 64.2 Å². The molecule has 0 aliphatic rings. The van der Waals surface area contributed by atoms with Crippen LogP contribution in [0.1, 0.15) is 6.42 Å². The number of aliphatic carboxylic acids is 4. The number of carboxylic acid groups (broad SMARTS) is 4. The molecule has 0 saturated heterocycles. The summed E-state index contributed by atoms with van der Waals surface area (Å²) in [5, 5.41) is 41.7. The normalized spacial score (nSPS) is 9.04. The standard InChI is InChI=1S/C11H18N2O8.4H3N/c14-8(15)4-12(5-9(16)17)2-1-3-13(6-10(18)19)7-11(20)21;;;;/h1-7H2,(H,14,15)(H,16,17)(H,18,19)(H,20,21);4*1H3. The van der Waals surface area contributed by atoms with E-state index < -0.39 is 50.1 Å². The van der Waals surface area contributed by atoms with Crippen molar-refractivity contribution in [2.75, 3.05) is 39.3 Å². The van der Waals surface area contributed by atoms with Crippen LogP contribution in [0.5, 0.6) is 0 Å². The lowest BCUT2D eigenvalue weighted by molar-refractivity contribution is -0.312. The zero-order valence-electron chi connectivity index (χ0n) is 15.1. The van der Waals surface area contributed by atoms with Crippen molar-refractivity contribution in [3.05, 3.63) is 0 Å².